The Morgan fingerprint density at radius 3 is 2.83 bits per heavy atom. The third-order valence-corrected chi connectivity index (χ3v) is 4.19. The van der Waals surface area contributed by atoms with Gasteiger partial charge in [-0.3, -0.25) is 9.59 Å². The standard InChI is InChI=1S/C17H17ClN2O3/c1-2-16(21)19-10-5-6-13(18)14(8-10)20-17(22)12-9-11(12)15-4-3-7-23-15/h3-8,11-12H,2,9H2,1H3,(H,19,21)(H,20,22)/t11-,12+/m0/s1. The summed E-state index contributed by atoms with van der Waals surface area (Å²) in [5.74, 6) is 0.676. The van der Waals surface area contributed by atoms with Gasteiger partial charge in [0.05, 0.1) is 17.0 Å². The maximum Gasteiger partial charge on any atom is 0.228 e. The Kier molecular flexibility index (Phi) is 4.39. The molecule has 6 heteroatoms. The number of carbonyl (C=O) groups is 2. The second kappa shape index (κ2) is 6.46. The van der Waals surface area contributed by atoms with Gasteiger partial charge in [-0.15, -0.1) is 0 Å². The van der Waals surface area contributed by atoms with Crippen molar-refractivity contribution in [2.24, 2.45) is 5.92 Å². The van der Waals surface area contributed by atoms with Crippen LogP contribution in [0.1, 0.15) is 31.4 Å². The average Bonchev–Trinajstić information content (AvgIpc) is 3.16. The fourth-order valence-electron chi connectivity index (χ4n) is 2.48. The van der Waals surface area contributed by atoms with Crippen LogP contribution in [-0.4, -0.2) is 11.8 Å². The molecule has 0 radical (unpaired) electrons. The molecule has 1 aromatic heterocycles. The van der Waals surface area contributed by atoms with Crippen molar-refractivity contribution < 1.29 is 14.0 Å². The molecule has 1 fully saturated rings. The van der Waals surface area contributed by atoms with Gasteiger partial charge in [0.1, 0.15) is 5.76 Å². The molecular formula is C17H17ClN2O3. The molecule has 0 unspecified atom stereocenters. The van der Waals surface area contributed by atoms with Crippen LogP contribution in [0, 0.1) is 5.92 Å². The van der Waals surface area contributed by atoms with E-state index in [1.54, 1.807) is 31.4 Å². The van der Waals surface area contributed by atoms with Gasteiger partial charge in [0.2, 0.25) is 11.8 Å². The van der Waals surface area contributed by atoms with Gasteiger partial charge in [0.25, 0.3) is 0 Å². The number of carbonyl (C=O) groups excluding carboxylic acids is 2. The maximum atomic E-state index is 12.3. The number of nitrogens with one attached hydrogen (secondary N) is 2. The van der Waals surface area contributed by atoms with E-state index in [0.717, 1.165) is 12.2 Å². The van der Waals surface area contributed by atoms with Crippen LogP contribution in [0.4, 0.5) is 11.4 Å². The van der Waals surface area contributed by atoms with Crippen LogP contribution in [0.2, 0.25) is 5.02 Å². The molecular weight excluding hydrogens is 316 g/mol. The highest BCUT2D eigenvalue weighted by Gasteiger charge is 2.45. The van der Waals surface area contributed by atoms with Gasteiger partial charge in [0.15, 0.2) is 0 Å². The molecule has 2 N–H and O–H groups in total. The molecule has 120 valence electrons. The number of rotatable bonds is 5. The number of hydrogen-bond acceptors (Lipinski definition) is 3. The Labute approximate surface area is 139 Å². The average molecular weight is 333 g/mol. The highest BCUT2D eigenvalue weighted by molar-refractivity contribution is 6.34. The highest BCUT2D eigenvalue weighted by atomic mass is 35.5. The Morgan fingerprint density at radius 2 is 2.13 bits per heavy atom. The van der Waals surface area contributed by atoms with E-state index in [1.807, 2.05) is 12.1 Å². The van der Waals surface area contributed by atoms with Gasteiger partial charge in [0, 0.05) is 23.9 Å². The zero-order chi connectivity index (χ0) is 16.4. The van der Waals surface area contributed by atoms with Crippen molar-refractivity contribution >= 4 is 34.8 Å². The Bertz CT molecular complexity index is 727. The van der Waals surface area contributed by atoms with Crippen molar-refractivity contribution in [2.45, 2.75) is 25.7 Å². The minimum Gasteiger partial charge on any atom is -0.469 e. The molecule has 1 aromatic carbocycles. The van der Waals surface area contributed by atoms with Crippen LogP contribution in [0.5, 0.6) is 0 Å². The number of halogens is 1. The van der Waals surface area contributed by atoms with Crippen LogP contribution in [0.3, 0.4) is 0 Å². The third-order valence-electron chi connectivity index (χ3n) is 3.86. The van der Waals surface area contributed by atoms with Crippen molar-refractivity contribution in [3.8, 4) is 0 Å². The van der Waals surface area contributed by atoms with Crippen LogP contribution >= 0.6 is 11.6 Å². The molecule has 0 saturated heterocycles. The molecule has 5 nitrogen and oxygen atoms in total. The summed E-state index contributed by atoms with van der Waals surface area (Å²) in [5, 5.41) is 6.01. The Morgan fingerprint density at radius 1 is 1.30 bits per heavy atom. The van der Waals surface area contributed by atoms with Crippen molar-refractivity contribution in [2.75, 3.05) is 10.6 Å². The molecule has 3 rings (SSSR count). The Balaban J connectivity index is 1.66. The van der Waals surface area contributed by atoms with Gasteiger partial charge in [-0.25, -0.2) is 0 Å². The quantitative estimate of drug-likeness (QED) is 0.868. The van der Waals surface area contributed by atoms with E-state index in [1.165, 1.54) is 0 Å². The van der Waals surface area contributed by atoms with Gasteiger partial charge >= 0.3 is 0 Å². The summed E-state index contributed by atoms with van der Waals surface area (Å²) in [5.41, 5.74) is 1.10. The first kappa shape index (κ1) is 15.6. The molecule has 2 atom stereocenters. The van der Waals surface area contributed by atoms with Crippen molar-refractivity contribution in [3.63, 3.8) is 0 Å². The number of amides is 2. The van der Waals surface area contributed by atoms with Crippen LogP contribution < -0.4 is 10.6 Å². The summed E-state index contributed by atoms with van der Waals surface area (Å²) in [7, 11) is 0. The predicted molar refractivity (Wildman–Crippen MR) is 88.6 cm³/mol. The zero-order valence-electron chi connectivity index (χ0n) is 12.6. The van der Waals surface area contributed by atoms with E-state index in [2.05, 4.69) is 10.6 Å². The van der Waals surface area contributed by atoms with Crippen LogP contribution in [0.25, 0.3) is 0 Å². The lowest BCUT2D eigenvalue weighted by Crippen LogP contribution is -2.15. The molecule has 1 aliphatic rings. The van der Waals surface area contributed by atoms with Crippen LogP contribution in [-0.2, 0) is 9.59 Å². The summed E-state index contributed by atoms with van der Waals surface area (Å²) >= 11 is 6.13. The molecule has 0 spiro atoms. The summed E-state index contributed by atoms with van der Waals surface area (Å²) in [4.78, 5) is 23.8. The van der Waals surface area contributed by atoms with E-state index in [0.29, 0.717) is 22.8 Å². The summed E-state index contributed by atoms with van der Waals surface area (Å²) in [6, 6.07) is 8.72. The topological polar surface area (TPSA) is 71.3 Å². The summed E-state index contributed by atoms with van der Waals surface area (Å²) in [6.45, 7) is 1.77. The zero-order valence-corrected chi connectivity index (χ0v) is 13.4. The predicted octanol–water partition coefficient (Wildman–Crippen LogP) is 4.02. The summed E-state index contributed by atoms with van der Waals surface area (Å²) < 4.78 is 5.33. The van der Waals surface area contributed by atoms with Gasteiger partial charge < -0.3 is 15.1 Å². The molecule has 0 aliphatic heterocycles. The second-order valence-corrected chi connectivity index (χ2v) is 5.96. The minimum absolute atomic E-state index is 0.0905. The maximum absolute atomic E-state index is 12.3. The molecule has 0 bridgehead atoms. The lowest BCUT2D eigenvalue weighted by atomic mass is 10.2. The third kappa shape index (κ3) is 3.56. The number of anilines is 2. The second-order valence-electron chi connectivity index (χ2n) is 5.55. The molecule has 2 amide bonds. The molecule has 23 heavy (non-hydrogen) atoms. The van der Waals surface area contributed by atoms with Crippen molar-refractivity contribution in [1.82, 2.24) is 0 Å². The SMILES string of the molecule is CCC(=O)Nc1ccc(Cl)c(NC(=O)[C@@H]2C[C@@H]2c2ccco2)c1. The van der Waals surface area contributed by atoms with Gasteiger partial charge in [-0.1, -0.05) is 18.5 Å². The highest BCUT2D eigenvalue weighted by Crippen LogP contribution is 2.48. The smallest absolute Gasteiger partial charge is 0.228 e. The van der Waals surface area contributed by atoms with E-state index < -0.39 is 0 Å². The molecule has 1 aliphatic carbocycles. The number of hydrogen-bond donors (Lipinski definition) is 2. The van der Waals surface area contributed by atoms with E-state index in [9.17, 15) is 9.59 Å². The van der Waals surface area contributed by atoms with Crippen molar-refractivity contribution in [3.05, 3.63) is 47.4 Å². The lowest BCUT2D eigenvalue weighted by Gasteiger charge is -2.10. The summed E-state index contributed by atoms with van der Waals surface area (Å²) in [6.07, 6.45) is 2.76. The lowest BCUT2D eigenvalue weighted by molar-refractivity contribution is -0.117. The molecule has 2 aromatic rings. The fraction of sp³-hybridized carbons (Fsp3) is 0.294. The fourth-order valence-corrected chi connectivity index (χ4v) is 2.64. The largest absolute Gasteiger partial charge is 0.469 e. The first-order chi connectivity index (χ1) is 11.1. The first-order valence-corrected chi connectivity index (χ1v) is 7.90. The van der Waals surface area contributed by atoms with Crippen LogP contribution in [0.15, 0.2) is 41.0 Å². The van der Waals surface area contributed by atoms with Crippen molar-refractivity contribution in [1.29, 1.82) is 0 Å². The minimum atomic E-state index is -0.105. The monoisotopic (exact) mass is 332 g/mol. The van der Waals surface area contributed by atoms with E-state index in [4.69, 9.17) is 16.0 Å². The first-order valence-electron chi connectivity index (χ1n) is 7.52. The number of furan rings is 1. The molecule has 1 heterocycles. The normalized spacial score (nSPS) is 19.2. The van der Waals surface area contributed by atoms with E-state index >= 15 is 0 Å². The van der Waals surface area contributed by atoms with Gasteiger partial charge in [-0.2, -0.15) is 0 Å². The van der Waals surface area contributed by atoms with Gasteiger partial charge in [-0.05, 0) is 36.8 Å². The molecule has 1 saturated carbocycles. The van der Waals surface area contributed by atoms with E-state index in [-0.39, 0.29) is 23.7 Å². The number of benzene rings is 1. The Hall–Kier alpha value is -2.27.